The summed E-state index contributed by atoms with van der Waals surface area (Å²) in [5.74, 6) is -1.08. The first kappa shape index (κ1) is 18.8. The monoisotopic (exact) mass is 347 g/mol. The number of carbonyl (C=O) groups excluding carboxylic acids is 2. The Labute approximate surface area is 147 Å². The van der Waals surface area contributed by atoms with E-state index in [4.69, 9.17) is 5.11 Å². The molecule has 0 heterocycles. The van der Waals surface area contributed by atoms with Gasteiger partial charge in [0.25, 0.3) is 0 Å². The SMILES string of the molecule is CN(C(=O)CNC(=O)NCc1ccc(C(=O)O)cc1)C1CCCCC1. The van der Waals surface area contributed by atoms with E-state index in [1.807, 2.05) is 0 Å². The molecule has 1 aromatic rings. The van der Waals surface area contributed by atoms with Crippen molar-refractivity contribution in [2.24, 2.45) is 0 Å². The van der Waals surface area contributed by atoms with Crippen LogP contribution in [0.5, 0.6) is 0 Å². The van der Waals surface area contributed by atoms with E-state index >= 15 is 0 Å². The van der Waals surface area contributed by atoms with Gasteiger partial charge in [-0.15, -0.1) is 0 Å². The molecule has 7 heteroatoms. The topological polar surface area (TPSA) is 98.7 Å². The van der Waals surface area contributed by atoms with Crippen LogP contribution in [0, 0.1) is 0 Å². The summed E-state index contributed by atoms with van der Waals surface area (Å²) >= 11 is 0. The van der Waals surface area contributed by atoms with Crippen molar-refractivity contribution < 1.29 is 19.5 Å². The van der Waals surface area contributed by atoms with Crippen molar-refractivity contribution in [2.75, 3.05) is 13.6 Å². The minimum absolute atomic E-state index is 0.0310. The molecule has 1 aliphatic carbocycles. The lowest BCUT2D eigenvalue weighted by Gasteiger charge is -2.31. The maximum absolute atomic E-state index is 12.2. The molecule has 0 spiro atoms. The van der Waals surface area contributed by atoms with Gasteiger partial charge in [-0.25, -0.2) is 9.59 Å². The van der Waals surface area contributed by atoms with Gasteiger partial charge >= 0.3 is 12.0 Å². The van der Waals surface area contributed by atoms with E-state index in [1.54, 1.807) is 24.1 Å². The minimum atomic E-state index is -0.988. The predicted molar refractivity (Wildman–Crippen MR) is 93.3 cm³/mol. The number of nitrogens with zero attached hydrogens (tertiary/aromatic N) is 1. The summed E-state index contributed by atoms with van der Waals surface area (Å²) < 4.78 is 0. The Hall–Kier alpha value is -2.57. The number of carboxylic acid groups (broad SMARTS) is 1. The summed E-state index contributed by atoms with van der Waals surface area (Å²) in [6.07, 6.45) is 5.59. The lowest BCUT2D eigenvalue weighted by molar-refractivity contribution is -0.131. The molecule has 136 valence electrons. The van der Waals surface area contributed by atoms with Crippen molar-refractivity contribution in [3.8, 4) is 0 Å². The van der Waals surface area contributed by atoms with Crippen molar-refractivity contribution in [1.29, 1.82) is 0 Å². The maximum Gasteiger partial charge on any atom is 0.335 e. The molecule has 0 atom stereocenters. The fourth-order valence-corrected chi connectivity index (χ4v) is 2.96. The summed E-state index contributed by atoms with van der Waals surface area (Å²) in [4.78, 5) is 36.5. The van der Waals surface area contributed by atoms with E-state index in [0.29, 0.717) is 0 Å². The zero-order valence-corrected chi connectivity index (χ0v) is 14.5. The molecular weight excluding hydrogens is 322 g/mol. The van der Waals surface area contributed by atoms with Crippen LogP contribution in [0.15, 0.2) is 24.3 Å². The summed E-state index contributed by atoms with van der Waals surface area (Å²) in [6, 6.07) is 6.11. The van der Waals surface area contributed by atoms with Crippen LogP contribution in [0.3, 0.4) is 0 Å². The first-order valence-corrected chi connectivity index (χ1v) is 8.57. The Morgan fingerprint density at radius 2 is 1.72 bits per heavy atom. The van der Waals surface area contributed by atoms with Crippen LogP contribution in [-0.4, -0.2) is 47.5 Å². The molecule has 1 aromatic carbocycles. The van der Waals surface area contributed by atoms with Gasteiger partial charge in [0.1, 0.15) is 0 Å². The number of likely N-dealkylation sites (N-methyl/N-ethyl adjacent to an activating group) is 1. The summed E-state index contributed by atoms with van der Waals surface area (Å²) in [5.41, 5.74) is 0.982. The van der Waals surface area contributed by atoms with Gasteiger partial charge in [0.15, 0.2) is 0 Å². The highest BCUT2D eigenvalue weighted by molar-refractivity contribution is 5.87. The number of aromatic carboxylic acids is 1. The number of rotatable bonds is 6. The second kappa shape index (κ2) is 9.05. The molecule has 0 aromatic heterocycles. The van der Waals surface area contributed by atoms with Crippen molar-refractivity contribution in [3.63, 3.8) is 0 Å². The molecule has 3 amide bonds. The number of hydrogen-bond acceptors (Lipinski definition) is 3. The second-order valence-corrected chi connectivity index (χ2v) is 6.33. The number of carboxylic acids is 1. The normalized spacial score (nSPS) is 14.6. The van der Waals surface area contributed by atoms with Gasteiger partial charge in [0, 0.05) is 19.6 Å². The Morgan fingerprint density at radius 1 is 1.08 bits per heavy atom. The zero-order chi connectivity index (χ0) is 18.2. The molecule has 2 rings (SSSR count). The van der Waals surface area contributed by atoms with E-state index in [-0.39, 0.29) is 30.6 Å². The average Bonchev–Trinajstić information content (AvgIpc) is 2.64. The first-order valence-electron chi connectivity index (χ1n) is 8.57. The smallest absolute Gasteiger partial charge is 0.335 e. The molecule has 0 bridgehead atoms. The first-order chi connectivity index (χ1) is 12.0. The van der Waals surface area contributed by atoms with E-state index in [9.17, 15) is 14.4 Å². The fraction of sp³-hybridized carbons (Fsp3) is 0.500. The molecule has 25 heavy (non-hydrogen) atoms. The Kier molecular flexibility index (Phi) is 6.80. The molecule has 7 nitrogen and oxygen atoms in total. The molecule has 0 aliphatic heterocycles. The molecule has 3 N–H and O–H groups in total. The average molecular weight is 347 g/mol. The third kappa shape index (κ3) is 5.77. The molecule has 1 fully saturated rings. The number of nitrogens with one attached hydrogen (secondary N) is 2. The van der Waals surface area contributed by atoms with E-state index in [2.05, 4.69) is 10.6 Å². The second-order valence-electron chi connectivity index (χ2n) is 6.33. The van der Waals surface area contributed by atoms with Crippen LogP contribution in [0.25, 0.3) is 0 Å². The summed E-state index contributed by atoms with van der Waals surface area (Å²) in [7, 11) is 1.79. The molecule has 0 unspecified atom stereocenters. The van der Waals surface area contributed by atoms with Crippen LogP contribution >= 0.6 is 0 Å². The summed E-state index contributed by atoms with van der Waals surface area (Å²) in [5, 5.41) is 14.1. The van der Waals surface area contributed by atoms with Crippen LogP contribution in [-0.2, 0) is 11.3 Å². The molecule has 1 aliphatic rings. The van der Waals surface area contributed by atoms with Gasteiger partial charge < -0.3 is 20.6 Å². The van der Waals surface area contributed by atoms with E-state index in [0.717, 1.165) is 31.2 Å². The number of benzene rings is 1. The number of hydrogen-bond donors (Lipinski definition) is 3. The van der Waals surface area contributed by atoms with Crippen LogP contribution in [0.4, 0.5) is 4.79 Å². The molecule has 0 radical (unpaired) electrons. The highest BCUT2D eigenvalue weighted by Gasteiger charge is 2.22. The van der Waals surface area contributed by atoms with Crippen LogP contribution < -0.4 is 10.6 Å². The third-order valence-electron chi connectivity index (χ3n) is 4.57. The van der Waals surface area contributed by atoms with E-state index < -0.39 is 12.0 Å². The van der Waals surface area contributed by atoms with Gasteiger partial charge in [-0.2, -0.15) is 0 Å². The van der Waals surface area contributed by atoms with Gasteiger partial charge in [-0.05, 0) is 30.5 Å². The Bertz CT molecular complexity index is 609. The van der Waals surface area contributed by atoms with Gasteiger partial charge in [-0.1, -0.05) is 31.4 Å². The molecule has 1 saturated carbocycles. The van der Waals surface area contributed by atoms with Crippen molar-refractivity contribution in [3.05, 3.63) is 35.4 Å². The van der Waals surface area contributed by atoms with Crippen LogP contribution in [0.1, 0.15) is 48.0 Å². The number of amides is 3. The van der Waals surface area contributed by atoms with Crippen molar-refractivity contribution >= 4 is 17.9 Å². The van der Waals surface area contributed by atoms with E-state index in [1.165, 1.54) is 18.6 Å². The number of carbonyl (C=O) groups is 3. The quantitative estimate of drug-likeness (QED) is 0.733. The minimum Gasteiger partial charge on any atom is -0.478 e. The van der Waals surface area contributed by atoms with Gasteiger partial charge in [-0.3, -0.25) is 4.79 Å². The van der Waals surface area contributed by atoms with Gasteiger partial charge in [0.05, 0.1) is 12.1 Å². The Balaban J connectivity index is 1.70. The summed E-state index contributed by atoms with van der Waals surface area (Å²) in [6.45, 7) is 0.231. The van der Waals surface area contributed by atoms with Crippen molar-refractivity contribution in [1.82, 2.24) is 15.5 Å². The highest BCUT2D eigenvalue weighted by Crippen LogP contribution is 2.21. The standard InChI is InChI=1S/C18H25N3O4/c1-21(15-5-3-2-4-6-15)16(22)12-20-18(25)19-11-13-7-9-14(10-8-13)17(23)24/h7-10,15H,2-6,11-12H2,1H3,(H,23,24)(H2,19,20,25). The molecule has 0 saturated heterocycles. The number of urea groups is 1. The third-order valence-corrected chi connectivity index (χ3v) is 4.57. The predicted octanol–water partition coefficient (Wildman–Crippen LogP) is 1.98. The lowest BCUT2D eigenvalue weighted by atomic mass is 9.94. The Morgan fingerprint density at radius 3 is 2.32 bits per heavy atom. The van der Waals surface area contributed by atoms with Crippen molar-refractivity contribution in [2.45, 2.75) is 44.7 Å². The highest BCUT2D eigenvalue weighted by atomic mass is 16.4. The largest absolute Gasteiger partial charge is 0.478 e. The zero-order valence-electron chi connectivity index (χ0n) is 14.5. The fourth-order valence-electron chi connectivity index (χ4n) is 2.96. The molecular formula is C18H25N3O4. The lowest BCUT2D eigenvalue weighted by Crippen LogP contribution is -2.46. The maximum atomic E-state index is 12.2. The van der Waals surface area contributed by atoms with Crippen LogP contribution in [0.2, 0.25) is 0 Å². The van der Waals surface area contributed by atoms with Gasteiger partial charge in [0.2, 0.25) is 5.91 Å².